The lowest BCUT2D eigenvalue weighted by Crippen LogP contribution is -2.55. The number of ether oxygens (including phenoxy) is 3. The molecule has 69 heavy (non-hydrogen) atoms. The number of nitrogens with zero attached hydrogens (tertiary/aromatic N) is 5. The van der Waals surface area contributed by atoms with E-state index in [-0.39, 0.29) is 65.6 Å². The Hall–Kier alpha value is -7.21. The van der Waals surface area contributed by atoms with E-state index >= 15 is 0 Å². The molecule has 0 bridgehead atoms. The highest BCUT2D eigenvalue weighted by Gasteiger charge is 2.47. The fraction of sp³-hybridized carbons (Fsp3) is 0.286. The van der Waals surface area contributed by atoms with Gasteiger partial charge in [-0.2, -0.15) is 18.4 Å². The van der Waals surface area contributed by atoms with Gasteiger partial charge in [0, 0.05) is 37.2 Å². The van der Waals surface area contributed by atoms with E-state index in [4.69, 9.17) is 19.5 Å². The summed E-state index contributed by atoms with van der Waals surface area (Å²) in [5.74, 6) is -3.11. The maximum Gasteiger partial charge on any atom is 0.420 e. The van der Waals surface area contributed by atoms with Crippen LogP contribution in [0.25, 0.3) is 16.5 Å². The smallest absolute Gasteiger partial charge is 0.420 e. The first-order chi connectivity index (χ1) is 32.9. The van der Waals surface area contributed by atoms with Crippen molar-refractivity contribution in [1.82, 2.24) is 25.0 Å². The van der Waals surface area contributed by atoms with Gasteiger partial charge in [-0.25, -0.2) is 9.88 Å². The average molecular weight is 981 g/mol. The summed E-state index contributed by atoms with van der Waals surface area (Å²) < 4.78 is 58.6. The number of phenolic OH excluding ortho intramolecular Hbond substituents is 1. The zero-order chi connectivity index (χ0) is 49.3. The molecule has 0 spiro atoms. The topological polar surface area (TPSA) is 192 Å². The van der Waals surface area contributed by atoms with Gasteiger partial charge in [0.25, 0.3) is 17.1 Å². The van der Waals surface area contributed by atoms with Gasteiger partial charge in [0.05, 0.1) is 51.4 Å². The van der Waals surface area contributed by atoms with Gasteiger partial charge < -0.3 is 34.4 Å². The van der Waals surface area contributed by atoms with E-state index < -0.39 is 65.4 Å². The number of likely N-dealkylation sites (tertiary alicyclic amines) is 1. The quantitative estimate of drug-likeness (QED) is 0.101. The number of aryl methyl sites for hydroxylation is 1. The lowest BCUT2D eigenvalue weighted by atomic mass is 10.0. The molecule has 0 unspecified atom stereocenters. The molecule has 1 aromatic heterocycles. The number of fused-ring (bicyclic) bond motifs is 1. The van der Waals surface area contributed by atoms with Crippen LogP contribution in [0.5, 0.6) is 23.0 Å². The van der Waals surface area contributed by atoms with Crippen molar-refractivity contribution in [3.05, 3.63) is 128 Å². The molecule has 5 amide bonds. The number of aromatic hydroxyl groups is 1. The molecule has 4 heterocycles. The molecule has 4 aromatic carbocycles. The van der Waals surface area contributed by atoms with Gasteiger partial charge in [0.2, 0.25) is 11.8 Å². The molecule has 3 atom stereocenters. The summed E-state index contributed by atoms with van der Waals surface area (Å²) in [4.78, 5) is 78.3. The third-order valence-electron chi connectivity index (χ3n) is 11.9. The van der Waals surface area contributed by atoms with Crippen LogP contribution in [0, 0.1) is 24.2 Å². The van der Waals surface area contributed by atoms with Crippen LogP contribution in [0.1, 0.15) is 64.1 Å². The Kier molecular flexibility index (Phi) is 13.8. The summed E-state index contributed by atoms with van der Waals surface area (Å²) in [6.45, 7) is 4.97. The van der Waals surface area contributed by atoms with E-state index in [0.29, 0.717) is 34.5 Å². The lowest BCUT2D eigenvalue weighted by molar-refractivity contribution is -0.143. The van der Waals surface area contributed by atoms with Crippen LogP contribution in [-0.4, -0.2) is 92.2 Å². The molecule has 20 heteroatoms. The number of phenols is 1. The fourth-order valence-corrected chi connectivity index (χ4v) is 10.1. The number of nitrogens with one attached hydrogen (secondary N) is 1. The predicted octanol–water partition coefficient (Wildman–Crippen LogP) is 8.49. The van der Waals surface area contributed by atoms with Gasteiger partial charge in [-0.3, -0.25) is 24.0 Å². The van der Waals surface area contributed by atoms with Crippen molar-refractivity contribution in [1.29, 1.82) is 5.26 Å². The molecule has 5 aromatic rings. The van der Waals surface area contributed by atoms with E-state index in [0.717, 1.165) is 32.7 Å². The SMILES string of the molecule is COc1cc(/C=C2\SC(=O)N(CO[C@@H]3C[C@@H](C(=O)NCc4ccc(-c5scnc5C)cc4O)N(C(=O)[C@H](C(C)C)N4Cc5ccccc5C4=O)C3)C2=O)ccc1Oc1ccc(C#N)cc1C(F)(F)F. The van der Waals surface area contributed by atoms with Crippen molar-refractivity contribution in [2.24, 2.45) is 5.92 Å². The highest BCUT2D eigenvalue weighted by atomic mass is 32.2. The summed E-state index contributed by atoms with van der Waals surface area (Å²) >= 11 is 2.06. The molecule has 0 radical (unpaired) electrons. The number of alkyl halides is 3. The normalized spacial score (nSPS) is 18.0. The number of aromatic nitrogens is 1. The maximum atomic E-state index is 14.7. The van der Waals surface area contributed by atoms with Crippen molar-refractivity contribution in [2.75, 3.05) is 20.4 Å². The maximum absolute atomic E-state index is 14.7. The minimum Gasteiger partial charge on any atom is -0.508 e. The Bertz CT molecular complexity index is 2950. The van der Waals surface area contributed by atoms with Gasteiger partial charge in [-0.05, 0) is 89.8 Å². The molecule has 356 valence electrons. The van der Waals surface area contributed by atoms with Crippen molar-refractivity contribution in [3.63, 3.8) is 0 Å². The summed E-state index contributed by atoms with van der Waals surface area (Å²) in [6, 6.07) is 18.9. The molecule has 2 saturated heterocycles. The minimum absolute atomic E-state index is 0.000721. The standard InChI is InChI=1S/C49H43F3N6O9S2/c1-26(2)42(57-22-32-7-5-6-8-34(32)45(57)61)47(63)56-23-33(19-36(56)44(60)54-21-31-12-11-30(18-37(31)59)43-27(3)55-24-68-43)66-25-58-46(62)41(69-48(58)64)17-28-9-14-39(40(16-28)65-4)67-38-13-10-29(20-53)15-35(38)49(50,51)52/h5-18,24,26,33,36,42,59H,19,21-23,25H2,1-4H3,(H,54,60)/b41-17-/t33-,36+,42+/m1/s1. The van der Waals surface area contributed by atoms with E-state index in [1.54, 1.807) is 35.8 Å². The number of imide groups is 1. The number of halogens is 3. The third kappa shape index (κ3) is 10.0. The zero-order valence-corrected chi connectivity index (χ0v) is 39.0. The molecule has 15 nitrogen and oxygen atoms in total. The summed E-state index contributed by atoms with van der Waals surface area (Å²) in [5.41, 5.74) is 3.95. The van der Waals surface area contributed by atoms with Gasteiger partial charge in [0.1, 0.15) is 30.3 Å². The molecule has 8 rings (SSSR count). The van der Waals surface area contributed by atoms with Crippen LogP contribution in [0.3, 0.4) is 0 Å². The van der Waals surface area contributed by atoms with Crippen LogP contribution in [0.4, 0.5) is 18.0 Å². The highest BCUT2D eigenvalue weighted by Crippen LogP contribution is 2.42. The first kappa shape index (κ1) is 48.3. The first-order valence-electron chi connectivity index (χ1n) is 21.5. The van der Waals surface area contributed by atoms with Crippen LogP contribution in [0.15, 0.2) is 89.3 Å². The van der Waals surface area contributed by atoms with Gasteiger partial charge in [-0.15, -0.1) is 11.3 Å². The predicted molar refractivity (Wildman–Crippen MR) is 248 cm³/mol. The number of thioether (sulfide) groups is 1. The molecule has 2 N–H and O–H groups in total. The number of thiazole rings is 1. The number of nitriles is 1. The van der Waals surface area contributed by atoms with Crippen LogP contribution in [0.2, 0.25) is 0 Å². The number of methoxy groups -OCH3 is 1. The van der Waals surface area contributed by atoms with Crippen LogP contribution >= 0.6 is 23.1 Å². The van der Waals surface area contributed by atoms with Crippen molar-refractivity contribution < 1.29 is 56.5 Å². The third-order valence-corrected chi connectivity index (χ3v) is 13.8. The number of benzene rings is 4. The summed E-state index contributed by atoms with van der Waals surface area (Å²) in [6.07, 6.45) is -4.30. The number of carbonyl (C=O) groups is 5. The number of rotatable bonds is 14. The van der Waals surface area contributed by atoms with E-state index in [1.165, 1.54) is 58.6 Å². The van der Waals surface area contributed by atoms with Crippen molar-refractivity contribution in [2.45, 2.75) is 64.6 Å². The van der Waals surface area contributed by atoms with E-state index in [2.05, 4.69) is 10.3 Å². The molecular formula is C49H43F3N6O9S2. The average Bonchev–Trinajstić information content (AvgIpc) is 4.10. The summed E-state index contributed by atoms with van der Waals surface area (Å²) in [7, 11) is 1.27. The van der Waals surface area contributed by atoms with Crippen molar-refractivity contribution >= 4 is 58.0 Å². The second-order valence-corrected chi connectivity index (χ2v) is 18.6. The molecule has 0 aliphatic carbocycles. The second kappa shape index (κ2) is 19.8. The van der Waals surface area contributed by atoms with E-state index in [9.17, 15) is 42.3 Å². The number of hydrogen-bond acceptors (Lipinski definition) is 13. The summed E-state index contributed by atoms with van der Waals surface area (Å²) in [5, 5.41) is 22.2. The molecular weight excluding hydrogens is 938 g/mol. The monoisotopic (exact) mass is 980 g/mol. The number of carbonyl (C=O) groups excluding carboxylic acids is 5. The first-order valence-corrected chi connectivity index (χ1v) is 23.2. The van der Waals surface area contributed by atoms with Crippen LogP contribution < -0.4 is 14.8 Å². The van der Waals surface area contributed by atoms with E-state index in [1.807, 2.05) is 39.0 Å². The highest BCUT2D eigenvalue weighted by molar-refractivity contribution is 8.18. The Balaban J connectivity index is 0.976. The van der Waals surface area contributed by atoms with Gasteiger partial charge in [0.15, 0.2) is 11.5 Å². The number of amides is 5. The van der Waals surface area contributed by atoms with Gasteiger partial charge >= 0.3 is 6.18 Å². The van der Waals surface area contributed by atoms with Crippen LogP contribution in [-0.2, 0) is 38.4 Å². The molecule has 0 saturated carbocycles. The molecule has 3 aliphatic heterocycles. The largest absolute Gasteiger partial charge is 0.508 e. The molecule has 3 aliphatic rings. The Morgan fingerprint density at radius 3 is 2.46 bits per heavy atom. The second-order valence-electron chi connectivity index (χ2n) is 16.7. The minimum atomic E-state index is -4.82. The number of hydrogen-bond donors (Lipinski definition) is 2. The fourth-order valence-electron chi connectivity index (χ4n) is 8.42. The van der Waals surface area contributed by atoms with Crippen molar-refractivity contribution in [3.8, 4) is 39.5 Å². The Morgan fingerprint density at radius 2 is 1.78 bits per heavy atom. The lowest BCUT2D eigenvalue weighted by Gasteiger charge is -2.35. The zero-order valence-electron chi connectivity index (χ0n) is 37.4. The van der Waals surface area contributed by atoms with Gasteiger partial charge in [-0.1, -0.05) is 50.2 Å². The Morgan fingerprint density at radius 1 is 1.01 bits per heavy atom. The molecule has 2 fully saturated rings. The Labute approximate surface area is 402 Å².